The van der Waals surface area contributed by atoms with E-state index in [1.54, 1.807) is 59.7 Å². The molecule has 0 saturated heterocycles. The molecule has 0 saturated carbocycles. The standard InChI is InChI=1S/C20H17ClFNO3/c21-16-3-1-4-18(11-16)26-14-20(24)23(13-19-5-2-10-25-19)12-15-6-8-17(22)9-7-15/h1-11H,12-14H2. The Labute approximate surface area is 155 Å². The molecule has 26 heavy (non-hydrogen) atoms. The number of carbonyl (C=O) groups is 1. The normalized spacial score (nSPS) is 10.5. The molecular weight excluding hydrogens is 357 g/mol. The molecule has 6 heteroatoms. The van der Waals surface area contributed by atoms with Gasteiger partial charge < -0.3 is 14.1 Å². The fourth-order valence-corrected chi connectivity index (χ4v) is 2.61. The van der Waals surface area contributed by atoms with Gasteiger partial charge in [0.05, 0.1) is 12.8 Å². The summed E-state index contributed by atoms with van der Waals surface area (Å²) in [7, 11) is 0. The van der Waals surface area contributed by atoms with Crippen LogP contribution >= 0.6 is 11.6 Å². The number of rotatable bonds is 7. The van der Waals surface area contributed by atoms with E-state index in [1.807, 2.05) is 0 Å². The largest absolute Gasteiger partial charge is 0.484 e. The second-order valence-electron chi connectivity index (χ2n) is 5.70. The van der Waals surface area contributed by atoms with Crippen LogP contribution in [0.2, 0.25) is 5.02 Å². The summed E-state index contributed by atoms with van der Waals surface area (Å²) in [4.78, 5) is 14.2. The van der Waals surface area contributed by atoms with Crippen LogP contribution in [0.15, 0.2) is 71.3 Å². The monoisotopic (exact) mass is 373 g/mol. The first-order valence-corrected chi connectivity index (χ1v) is 8.41. The molecule has 0 radical (unpaired) electrons. The highest BCUT2D eigenvalue weighted by Crippen LogP contribution is 2.18. The molecule has 1 heterocycles. The molecule has 3 rings (SSSR count). The van der Waals surface area contributed by atoms with Crippen molar-refractivity contribution >= 4 is 17.5 Å². The number of carbonyl (C=O) groups excluding carboxylic acids is 1. The van der Waals surface area contributed by atoms with Gasteiger partial charge in [0.2, 0.25) is 0 Å². The Kier molecular flexibility index (Phi) is 5.92. The fraction of sp³-hybridized carbons (Fsp3) is 0.150. The minimum atomic E-state index is -0.318. The van der Waals surface area contributed by atoms with E-state index in [0.717, 1.165) is 5.56 Å². The number of nitrogens with zero attached hydrogens (tertiary/aromatic N) is 1. The molecule has 3 aromatic rings. The molecule has 2 aromatic carbocycles. The smallest absolute Gasteiger partial charge is 0.261 e. The fourth-order valence-electron chi connectivity index (χ4n) is 2.43. The van der Waals surface area contributed by atoms with Crippen molar-refractivity contribution in [3.8, 4) is 5.75 Å². The zero-order valence-corrected chi connectivity index (χ0v) is 14.7. The van der Waals surface area contributed by atoms with Crippen LogP contribution in [0.3, 0.4) is 0 Å². The number of halogens is 2. The second-order valence-corrected chi connectivity index (χ2v) is 6.14. The lowest BCUT2D eigenvalue weighted by Crippen LogP contribution is -2.34. The number of furan rings is 1. The molecular formula is C20H17ClFNO3. The number of hydrogen-bond acceptors (Lipinski definition) is 3. The average Bonchev–Trinajstić information content (AvgIpc) is 3.14. The van der Waals surface area contributed by atoms with Crippen molar-refractivity contribution in [3.63, 3.8) is 0 Å². The molecule has 0 spiro atoms. The van der Waals surface area contributed by atoms with Gasteiger partial charge in [-0.05, 0) is 48.0 Å². The predicted molar refractivity (Wildman–Crippen MR) is 96.3 cm³/mol. The van der Waals surface area contributed by atoms with E-state index in [-0.39, 0.29) is 18.3 Å². The molecule has 0 fully saturated rings. The van der Waals surface area contributed by atoms with Gasteiger partial charge in [-0.2, -0.15) is 0 Å². The van der Waals surface area contributed by atoms with Gasteiger partial charge in [-0.3, -0.25) is 4.79 Å². The van der Waals surface area contributed by atoms with Crippen molar-refractivity contribution in [3.05, 3.63) is 89.1 Å². The molecule has 0 atom stereocenters. The summed E-state index contributed by atoms with van der Waals surface area (Å²) in [5.74, 6) is 0.640. The first-order valence-electron chi connectivity index (χ1n) is 8.03. The van der Waals surface area contributed by atoms with E-state index in [9.17, 15) is 9.18 Å². The molecule has 134 valence electrons. The van der Waals surface area contributed by atoms with Gasteiger partial charge >= 0.3 is 0 Å². The summed E-state index contributed by atoms with van der Waals surface area (Å²) in [5, 5.41) is 0.536. The third kappa shape index (κ3) is 5.10. The van der Waals surface area contributed by atoms with Crippen LogP contribution in [-0.2, 0) is 17.9 Å². The van der Waals surface area contributed by atoms with Gasteiger partial charge in [0.15, 0.2) is 6.61 Å². The zero-order valence-electron chi connectivity index (χ0n) is 13.9. The summed E-state index contributed by atoms with van der Waals surface area (Å²) < 4.78 is 24.0. The van der Waals surface area contributed by atoms with E-state index in [0.29, 0.717) is 29.6 Å². The van der Waals surface area contributed by atoms with Crippen LogP contribution < -0.4 is 4.74 Å². The van der Waals surface area contributed by atoms with Crippen molar-refractivity contribution < 1.29 is 18.3 Å². The second kappa shape index (κ2) is 8.54. The third-order valence-electron chi connectivity index (χ3n) is 3.72. The van der Waals surface area contributed by atoms with Gasteiger partial charge in [0.1, 0.15) is 17.3 Å². The SMILES string of the molecule is O=C(COc1cccc(Cl)c1)N(Cc1ccc(F)cc1)Cc1ccco1. The lowest BCUT2D eigenvalue weighted by Gasteiger charge is -2.22. The summed E-state index contributed by atoms with van der Waals surface area (Å²) in [6, 6.07) is 16.4. The Bertz CT molecular complexity index is 850. The average molecular weight is 374 g/mol. The molecule has 4 nitrogen and oxygen atoms in total. The lowest BCUT2D eigenvalue weighted by atomic mass is 10.2. The highest BCUT2D eigenvalue weighted by Gasteiger charge is 2.17. The first kappa shape index (κ1) is 18.0. The third-order valence-corrected chi connectivity index (χ3v) is 3.96. The highest BCUT2D eigenvalue weighted by atomic mass is 35.5. The minimum Gasteiger partial charge on any atom is -0.484 e. The maximum atomic E-state index is 13.1. The maximum absolute atomic E-state index is 13.1. The quantitative estimate of drug-likeness (QED) is 0.604. The molecule has 0 N–H and O–H groups in total. The number of ether oxygens (including phenoxy) is 1. The van der Waals surface area contributed by atoms with Crippen LogP contribution in [0.1, 0.15) is 11.3 Å². The number of hydrogen-bond donors (Lipinski definition) is 0. The van der Waals surface area contributed by atoms with Crippen molar-refractivity contribution in [2.45, 2.75) is 13.1 Å². The molecule has 0 aliphatic rings. The van der Waals surface area contributed by atoms with Gasteiger partial charge in [-0.1, -0.05) is 29.8 Å². The van der Waals surface area contributed by atoms with Gasteiger partial charge in [0, 0.05) is 11.6 Å². The molecule has 0 unspecified atom stereocenters. The van der Waals surface area contributed by atoms with Crippen LogP contribution in [0.5, 0.6) is 5.75 Å². The Morgan fingerprint density at radius 2 is 1.88 bits per heavy atom. The highest BCUT2D eigenvalue weighted by molar-refractivity contribution is 6.30. The molecule has 0 bridgehead atoms. The Morgan fingerprint density at radius 3 is 2.58 bits per heavy atom. The topological polar surface area (TPSA) is 42.7 Å². The molecule has 1 aromatic heterocycles. The summed E-state index contributed by atoms with van der Waals surface area (Å²) >= 11 is 5.92. The van der Waals surface area contributed by atoms with E-state index in [1.165, 1.54) is 12.1 Å². The summed E-state index contributed by atoms with van der Waals surface area (Å²) in [6.07, 6.45) is 1.55. The number of amides is 1. The van der Waals surface area contributed by atoms with E-state index in [2.05, 4.69) is 0 Å². The van der Waals surface area contributed by atoms with Crippen LogP contribution in [0.25, 0.3) is 0 Å². The summed E-state index contributed by atoms with van der Waals surface area (Å²) in [6.45, 7) is 0.475. The minimum absolute atomic E-state index is 0.137. The van der Waals surface area contributed by atoms with E-state index in [4.69, 9.17) is 20.8 Å². The predicted octanol–water partition coefficient (Wildman–Crippen LogP) is 4.68. The zero-order chi connectivity index (χ0) is 18.4. The first-order chi connectivity index (χ1) is 12.6. The lowest BCUT2D eigenvalue weighted by molar-refractivity contribution is -0.134. The van der Waals surface area contributed by atoms with Crippen LogP contribution in [-0.4, -0.2) is 17.4 Å². The number of benzene rings is 2. The van der Waals surface area contributed by atoms with Crippen LogP contribution in [0.4, 0.5) is 4.39 Å². The molecule has 1 amide bonds. The van der Waals surface area contributed by atoms with Crippen molar-refractivity contribution in [1.29, 1.82) is 0 Å². The van der Waals surface area contributed by atoms with Crippen LogP contribution in [0, 0.1) is 5.82 Å². The van der Waals surface area contributed by atoms with Crippen molar-refractivity contribution in [2.24, 2.45) is 0 Å². The van der Waals surface area contributed by atoms with Crippen molar-refractivity contribution in [2.75, 3.05) is 6.61 Å². The summed E-state index contributed by atoms with van der Waals surface area (Å²) in [5.41, 5.74) is 0.814. The van der Waals surface area contributed by atoms with Crippen molar-refractivity contribution in [1.82, 2.24) is 4.90 Å². The van der Waals surface area contributed by atoms with E-state index < -0.39 is 0 Å². The Morgan fingerprint density at radius 1 is 1.08 bits per heavy atom. The van der Waals surface area contributed by atoms with Gasteiger partial charge in [-0.25, -0.2) is 4.39 Å². The van der Waals surface area contributed by atoms with E-state index >= 15 is 0 Å². The Hall–Kier alpha value is -2.79. The molecule has 0 aliphatic carbocycles. The van der Waals surface area contributed by atoms with Gasteiger partial charge in [0.25, 0.3) is 5.91 Å². The Balaban J connectivity index is 1.68. The van der Waals surface area contributed by atoms with Gasteiger partial charge in [-0.15, -0.1) is 0 Å². The maximum Gasteiger partial charge on any atom is 0.261 e. The molecule has 0 aliphatic heterocycles.